The van der Waals surface area contributed by atoms with Crippen LogP contribution in [0.3, 0.4) is 0 Å². The van der Waals surface area contributed by atoms with Crippen molar-refractivity contribution in [3.63, 3.8) is 0 Å². The molecule has 1 aliphatic carbocycles. The number of aromatic nitrogens is 5. The van der Waals surface area contributed by atoms with E-state index in [0.717, 1.165) is 60.2 Å². The number of nitrogens with zero attached hydrogens (tertiary/aromatic N) is 5. The van der Waals surface area contributed by atoms with Crippen molar-refractivity contribution >= 4 is 16.9 Å². The standard InChI is InChI=1S/C27H34N6O/c1-4-18-6-8-21(20(5-2)12-18)14-28-26-25-23(24-10-11-32(3)31-24)15-33(27(25)30-17-29-26)22-9-7-19(13-22)16-34/h6,8,10-12,15,17,19,22,34H,4-5,7,9,13-14,16H2,1-3H3,(H,28,29,30). The minimum Gasteiger partial charge on any atom is -0.396 e. The highest BCUT2D eigenvalue weighted by atomic mass is 16.3. The van der Waals surface area contributed by atoms with Gasteiger partial charge in [0.05, 0.1) is 11.1 Å². The second-order valence-electron chi connectivity index (χ2n) is 9.42. The molecule has 0 radical (unpaired) electrons. The van der Waals surface area contributed by atoms with Gasteiger partial charge in [0.25, 0.3) is 0 Å². The van der Waals surface area contributed by atoms with Gasteiger partial charge in [-0.2, -0.15) is 5.10 Å². The maximum Gasteiger partial charge on any atom is 0.146 e. The highest BCUT2D eigenvalue weighted by Gasteiger charge is 2.28. The lowest BCUT2D eigenvalue weighted by Gasteiger charge is -2.14. The summed E-state index contributed by atoms with van der Waals surface area (Å²) in [5, 5.41) is 19.0. The zero-order chi connectivity index (χ0) is 23.7. The summed E-state index contributed by atoms with van der Waals surface area (Å²) >= 11 is 0. The van der Waals surface area contributed by atoms with Crippen LogP contribution in [0.4, 0.5) is 5.82 Å². The Labute approximate surface area is 200 Å². The molecule has 5 rings (SSSR count). The van der Waals surface area contributed by atoms with Crippen LogP contribution in [0.25, 0.3) is 22.3 Å². The summed E-state index contributed by atoms with van der Waals surface area (Å²) in [6, 6.07) is 9.15. The van der Waals surface area contributed by atoms with Gasteiger partial charge in [0.1, 0.15) is 17.8 Å². The van der Waals surface area contributed by atoms with Crippen molar-refractivity contribution in [2.75, 3.05) is 11.9 Å². The van der Waals surface area contributed by atoms with E-state index < -0.39 is 0 Å². The molecule has 2 unspecified atom stereocenters. The predicted octanol–water partition coefficient (Wildman–Crippen LogP) is 4.90. The molecule has 1 saturated carbocycles. The zero-order valence-electron chi connectivity index (χ0n) is 20.3. The first-order chi connectivity index (χ1) is 16.6. The van der Waals surface area contributed by atoms with Crippen molar-refractivity contribution < 1.29 is 5.11 Å². The van der Waals surface area contributed by atoms with Gasteiger partial charge in [0.15, 0.2) is 0 Å². The van der Waals surface area contributed by atoms with E-state index in [1.807, 2.05) is 24.0 Å². The van der Waals surface area contributed by atoms with Gasteiger partial charge in [-0.3, -0.25) is 4.68 Å². The van der Waals surface area contributed by atoms with Crippen LogP contribution in [0.5, 0.6) is 0 Å². The minimum atomic E-state index is 0.251. The highest BCUT2D eigenvalue weighted by Crippen LogP contribution is 2.40. The summed E-state index contributed by atoms with van der Waals surface area (Å²) in [6.45, 7) is 5.37. The number of hydrogen-bond acceptors (Lipinski definition) is 5. The summed E-state index contributed by atoms with van der Waals surface area (Å²) < 4.78 is 4.12. The molecule has 0 spiro atoms. The molecule has 178 valence electrons. The normalized spacial score (nSPS) is 18.1. The number of hydrogen-bond donors (Lipinski definition) is 2. The van der Waals surface area contributed by atoms with Gasteiger partial charge < -0.3 is 15.0 Å². The number of benzene rings is 1. The Morgan fingerprint density at radius 3 is 2.68 bits per heavy atom. The van der Waals surface area contributed by atoms with Gasteiger partial charge >= 0.3 is 0 Å². The molecule has 0 saturated heterocycles. The molecule has 7 nitrogen and oxygen atoms in total. The van der Waals surface area contributed by atoms with Crippen LogP contribution in [0.2, 0.25) is 0 Å². The number of aryl methyl sites for hydroxylation is 3. The molecule has 7 heteroatoms. The van der Waals surface area contributed by atoms with Gasteiger partial charge in [-0.1, -0.05) is 32.0 Å². The van der Waals surface area contributed by atoms with E-state index in [9.17, 15) is 5.11 Å². The second-order valence-corrected chi connectivity index (χ2v) is 9.42. The number of nitrogens with one attached hydrogen (secondary N) is 1. The van der Waals surface area contributed by atoms with Gasteiger partial charge in [0, 0.05) is 44.2 Å². The van der Waals surface area contributed by atoms with E-state index in [2.05, 4.69) is 58.2 Å². The topological polar surface area (TPSA) is 80.8 Å². The van der Waals surface area contributed by atoms with Crippen molar-refractivity contribution in [2.24, 2.45) is 13.0 Å². The van der Waals surface area contributed by atoms with Crippen molar-refractivity contribution in [1.29, 1.82) is 0 Å². The van der Waals surface area contributed by atoms with Crippen molar-refractivity contribution in [1.82, 2.24) is 24.3 Å². The van der Waals surface area contributed by atoms with Crippen LogP contribution in [-0.4, -0.2) is 36.0 Å². The number of aliphatic hydroxyl groups is 1. The predicted molar refractivity (Wildman–Crippen MR) is 136 cm³/mol. The SMILES string of the molecule is CCc1ccc(CNc2ncnc3c2c(-c2ccn(C)n2)cn3C2CCC(CO)C2)c(CC)c1. The fraction of sp³-hybridized carbons (Fsp3) is 0.444. The lowest BCUT2D eigenvalue weighted by Crippen LogP contribution is -2.08. The molecule has 3 aromatic heterocycles. The van der Waals surface area contributed by atoms with E-state index in [0.29, 0.717) is 18.5 Å². The Bertz CT molecular complexity index is 1290. The smallest absolute Gasteiger partial charge is 0.146 e. The van der Waals surface area contributed by atoms with Crippen molar-refractivity contribution in [3.8, 4) is 11.3 Å². The van der Waals surface area contributed by atoms with Gasteiger partial charge in [-0.15, -0.1) is 0 Å². The van der Waals surface area contributed by atoms with Gasteiger partial charge in [0.2, 0.25) is 0 Å². The molecule has 0 amide bonds. The van der Waals surface area contributed by atoms with Gasteiger partial charge in [-0.05, 0) is 60.8 Å². The molecule has 4 aromatic rings. The Morgan fingerprint density at radius 1 is 1.09 bits per heavy atom. The molecule has 2 N–H and O–H groups in total. The van der Waals surface area contributed by atoms with E-state index in [-0.39, 0.29) is 6.61 Å². The molecular formula is C27H34N6O. The average molecular weight is 459 g/mol. The molecule has 1 aliphatic rings. The third-order valence-electron chi connectivity index (χ3n) is 7.27. The summed E-state index contributed by atoms with van der Waals surface area (Å²) in [6.07, 6.45) is 10.9. The van der Waals surface area contributed by atoms with Crippen LogP contribution >= 0.6 is 0 Å². The fourth-order valence-corrected chi connectivity index (χ4v) is 5.30. The zero-order valence-corrected chi connectivity index (χ0v) is 20.3. The van der Waals surface area contributed by atoms with Crippen LogP contribution in [0.15, 0.2) is 43.0 Å². The molecule has 0 aliphatic heterocycles. The number of rotatable bonds is 8. The fourth-order valence-electron chi connectivity index (χ4n) is 5.30. The first-order valence-corrected chi connectivity index (χ1v) is 12.4. The highest BCUT2D eigenvalue weighted by molar-refractivity contribution is 6.00. The third-order valence-corrected chi connectivity index (χ3v) is 7.27. The second kappa shape index (κ2) is 9.58. The van der Waals surface area contributed by atoms with Crippen molar-refractivity contribution in [3.05, 3.63) is 59.7 Å². The maximum atomic E-state index is 9.67. The monoisotopic (exact) mass is 458 g/mol. The Morgan fingerprint density at radius 2 is 1.97 bits per heavy atom. The first kappa shape index (κ1) is 22.6. The number of fused-ring (bicyclic) bond motifs is 1. The number of aliphatic hydroxyl groups excluding tert-OH is 1. The quantitative estimate of drug-likeness (QED) is 0.392. The summed E-state index contributed by atoms with van der Waals surface area (Å²) in [7, 11) is 1.94. The Balaban J connectivity index is 1.55. The van der Waals surface area contributed by atoms with E-state index in [1.165, 1.54) is 16.7 Å². The Hall–Kier alpha value is -3.19. The van der Waals surface area contributed by atoms with Gasteiger partial charge in [-0.25, -0.2) is 9.97 Å². The number of anilines is 1. The first-order valence-electron chi connectivity index (χ1n) is 12.4. The van der Waals surface area contributed by atoms with Crippen LogP contribution < -0.4 is 5.32 Å². The summed E-state index contributed by atoms with van der Waals surface area (Å²) in [5.41, 5.74) is 6.94. The summed E-state index contributed by atoms with van der Waals surface area (Å²) in [4.78, 5) is 9.38. The maximum absolute atomic E-state index is 9.67. The van der Waals surface area contributed by atoms with Crippen LogP contribution in [0, 0.1) is 5.92 Å². The van der Waals surface area contributed by atoms with E-state index in [1.54, 1.807) is 6.33 Å². The molecule has 1 fully saturated rings. The van der Waals surface area contributed by atoms with E-state index >= 15 is 0 Å². The van der Waals surface area contributed by atoms with Crippen LogP contribution in [0.1, 0.15) is 55.8 Å². The summed E-state index contributed by atoms with van der Waals surface area (Å²) in [5.74, 6) is 1.20. The van der Waals surface area contributed by atoms with Crippen molar-refractivity contribution in [2.45, 2.75) is 58.5 Å². The Kier molecular flexibility index (Phi) is 6.37. The molecule has 0 bridgehead atoms. The molecule has 2 atom stereocenters. The average Bonchev–Trinajstić information content (AvgIpc) is 3.60. The van der Waals surface area contributed by atoms with Crippen LogP contribution in [-0.2, 0) is 26.4 Å². The third kappa shape index (κ3) is 4.20. The molecule has 1 aromatic carbocycles. The lowest BCUT2D eigenvalue weighted by molar-refractivity contribution is 0.226. The molecular weight excluding hydrogens is 424 g/mol. The molecule has 3 heterocycles. The largest absolute Gasteiger partial charge is 0.396 e. The minimum absolute atomic E-state index is 0.251. The van der Waals surface area contributed by atoms with E-state index in [4.69, 9.17) is 4.98 Å². The lowest BCUT2D eigenvalue weighted by atomic mass is 10.0. The molecule has 34 heavy (non-hydrogen) atoms.